The third-order valence-corrected chi connectivity index (χ3v) is 5.58. The van der Waals surface area contributed by atoms with Crippen LogP contribution in [0.5, 0.6) is 0 Å². The lowest BCUT2D eigenvalue weighted by Gasteiger charge is -2.16. The lowest BCUT2D eigenvalue weighted by atomic mass is 10.2. The molecule has 2 N–H and O–H groups in total. The molecule has 2 aromatic heterocycles. The van der Waals surface area contributed by atoms with Crippen LogP contribution in [0, 0.1) is 11.3 Å². The van der Waals surface area contributed by atoms with Gasteiger partial charge in [0.15, 0.2) is 17.0 Å². The molecule has 1 aliphatic rings. The van der Waals surface area contributed by atoms with Crippen LogP contribution in [0.4, 0.5) is 5.82 Å². The maximum atomic E-state index is 12.5. The SMILES string of the molecule is N#CCCOP(O)OCC1CCC(n2cnc3c(NC(=O)c4ccccc4)ncnc32)O1. The maximum Gasteiger partial charge on any atom is 0.329 e. The minimum Gasteiger partial charge on any atom is -0.352 e. The molecule has 1 aliphatic heterocycles. The second-order valence-corrected chi connectivity index (χ2v) is 7.92. The summed E-state index contributed by atoms with van der Waals surface area (Å²) in [5, 5.41) is 11.3. The molecule has 1 aromatic carbocycles. The normalized spacial score (nSPS) is 19.0. The molecule has 4 rings (SSSR count). The number of anilines is 1. The molecule has 0 aliphatic carbocycles. The van der Waals surface area contributed by atoms with Gasteiger partial charge < -0.3 is 24.0 Å². The van der Waals surface area contributed by atoms with Gasteiger partial charge >= 0.3 is 8.60 Å². The van der Waals surface area contributed by atoms with Crippen molar-refractivity contribution in [1.29, 1.82) is 5.26 Å². The molecule has 1 amide bonds. The molecule has 11 nitrogen and oxygen atoms in total. The zero-order chi connectivity index (χ0) is 22.3. The van der Waals surface area contributed by atoms with Gasteiger partial charge in [-0.3, -0.25) is 9.36 Å². The van der Waals surface area contributed by atoms with Gasteiger partial charge in [-0.1, -0.05) is 18.2 Å². The van der Waals surface area contributed by atoms with E-state index in [0.717, 1.165) is 0 Å². The Balaban J connectivity index is 1.39. The Labute approximate surface area is 185 Å². The van der Waals surface area contributed by atoms with Crippen molar-refractivity contribution in [2.24, 2.45) is 0 Å². The summed E-state index contributed by atoms with van der Waals surface area (Å²) in [4.78, 5) is 35.0. The first-order chi connectivity index (χ1) is 15.7. The molecule has 0 spiro atoms. The summed E-state index contributed by atoms with van der Waals surface area (Å²) in [5.41, 5.74) is 1.52. The van der Waals surface area contributed by atoms with E-state index >= 15 is 0 Å². The number of fused-ring (bicyclic) bond motifs is 1. The van der Waals surface area contributed by atoms with Crippen molar-refractivity contribution >= 4 is 31.5 Å². The topological polar surface area (TPSA) is 144 Å². The average Bonchev–Trinajstić information content (AvgIpc) is 3.46. The van der Waals surface area contributed by atoms with Gasteiger partial charge in [0.2, 0.25) is 0 Å². The van der Waals surface area contributed by atoms with E-state index in [4.69, 9.17) is 19.0 Å². The van der Waals surface area contributed by atoms with Crippen LogP contribution in [-0.4, -0.2) is 49.6 Å². The number of hydrogen-bond acceptors (Lipinski definition) is 9. The number of carbonyl (C=O) groups excluding carboxylic acids is 1. The van der Waals surface area contributed by atoms with E-state index in [-0.39, 0.29) is 37.9 Å². The van der Waals surface area contributed by atoms with Gasteiger partial charge in [-0.25, -0.2) is 15.0 Å². The van der Waals surface area contributed by atoms with E-state index in [1.807, 2.05) is 12.1 Å². The van der Waals surface area contributed by atoms with Gasteiger partial charge in [-0.05, 0) is 25.0 Å². The van der Waals surface area contributed by atoms with Crippen LogP contribution in [0.3, 0.4) is 0 Å². The van der Waals surface area contributed by atoms with E-state index in [9.17, 15) is 9.69 Å². The number of carbonyl (C=O) groups is 1. The number of amides is 1. The fraction of sp³-hybridized carbons (Fsp3) is 0.350. The summed E-state index contributed by atoms with van der Waals surface area (Å²) in [6, 6.07) is 10.8. The molecule has 3 aromatic rings. The largest absolute Gasteiger partial charge is 0.352 e. The Hall–Kier alpha value is -3.00. The Kier molecular flexibility index (Phi) is 7.32. The molecule has 3 heterocycles. The van der Waals surface area contributed by atoms with Crippen molar-refractivity contribution in [1.82, 2.24) is 19.5 Å². The van der Waals surface area contributed by atoms with Crippen molar-refractivity contribution in [2.75, 3.05) is 18.5 Å². The fourth-order valence-electron chi connectivity index (χ4n) is 3.29. The Bertz CT molecular complexity index is 1100. The van der Waals surface area contributed by atoms with Crippen molar-refractivity contribution in [3.05, 3.63) is 48.5 Å². The highest BCUT2D eigenvalue weighted by Gasteiger charge is 2.29. The van der Waals surface area contributed by atoms with Crippen LogP contribution in [0.2, 0.25) is 0 Å². The molecular weight excluding hydrogens is 435 g/mol. The summed E-state index contributed by atoms with van der Waals surface area (Å²) in [6.07, 6.45) is 4.04. The average molecular weight is 456 g/mol. The van der Waals surface area contributed by atoms with Crippen LogP contribution in [0.1, 0.15) is 35.8 Å². The molecule has 1 saturated heterocycles. The van der Waals surface area contributed by atoms with Crippen molar-refractivity contribution in [2.45, 2.75) is 31.6 Å². The van der Waals surface area contributed by atoms with Crippen LogP contribution in [0.25, 0.3) is 11.2 Å². The summed E-state index contributed by atoms with van der Waals surface area (Å²) < 4.78 is 18.1. The van der Waals surface area contributed by atoms with E-state index in [0.29, 0.717) is 35.4 Å². The lowest BCUT2D eigenvalue weighted by molar-refractivity contribution is -0.0186. The van der Waals surface area contributed by atoms with Gasteiger partial charge in [0.05, 0.1) is 38.1 Å². The zero-order valence-corrected chi connectivity index (χ0v) is 17.9. The highest BCUT2D eigenvalue weighted by molar-refractivity contribution is 7.40. The van der Waals surface area contributed by atoms with Gasteiger partial charge in [-0.2, -0.15) is 5.26 Å². The second-order valence-electron chi connectivity index (χ2n) is 6.93. The minimum atomic E-state index is -2.04. The van der Waals surface area contributed by atoms with Crippen molar-refractivity contribution in [3.8, 4) is 6.07 Å². The van der Waals surface area contributed by atoms with Crippen LogP contribution < -0.4 is 5.32 Å². The van der Waals surface area contributed by atoms with Gasteiger partial charge in [-0.15, -0.1) is 0 Å². The fourth-order valence-corrected chi connectivity index (χ4v) is 3.91. The third-order valence-electron chi connectivity index (χ3n) is 4.81. The van der Waals surface area contributed by atoms with E-state index in [1.165, 1.54) is 6.33 Å². The molecule has 3 atom stereocenters. The quantitative estimate of drug-likeness (QED) is 0.367. The van der Waals surface area contributed by atoms with Gasteiger partial charge in [0.25, 0.3) is 5.91 Å². The monoisotopic (exact) mass is 456 g/mol. The van der Waals surface area contributed by atoms with Crippen LogP contribution in [-0.2, 0) is 13.8 Å². The molecular formula is C20H21N6O5P. The zero-order valence-electron chi connectivity index (χ0n) is 17.0. The van der Waals surface area contributed by atoms with Gasteiger partial charge in [0.1, 0.15) is 12.6 Å². The highest BCUT2D eigenvalue weighted by atomic mass is 31.2. The molecule has 0 saturated carbocycles. The number of rotatable bonds is 9. The molecule has 12 heteroatoms. The summed E-state index contributed by atoms with van der Waals surface area (Å²) in [7, 11) is -2.04. The Morgan fingerprint density at radius 3 is 2.94 bits per heavy atom. The van der Waals surface area contributed by atoms with Gasteiger partial charge in [0, 0.05) is 5.56 Å². The molecule has 3 unspecified atom stereocenters. The van der Waals surface area contributed by atoms with E-state index in [1.54, 1.807) is 35.2 Å². The number of benzene rings is 1. The maximum absolute atomic E-state index is 12.5. The second kappa shape index (κ2) is 10.5. The minimum absolute atomic E-state index is 0.122. The number of nitrogens with one attached hydrogen (secondary N) is 1. The Morgan fingerprint density at radius 2 is 2.12 bits per heavy atom. The predicted octanol–water partition coefficient (Wildman–Crippen LogP) is 2.92. The third kappa shape index (κ3) is 5.24. The van der Waals surface area contributed by atoms with E-state index < -0.39 is 8.60 Å². The lowest BCUT2D eigenvalue weighted by Crippen LogP contribution is -2.16. The van der Waals surface area contributed by atoms with Crippen LogP contribution in [0.15, 0.2) is 43.0 Å². The number of nitriles is 1. The number of imidazole rings is 1. The van der Waals surface area contributed by atoms with Crippen molar-refractivity contribution < 1.29 is 23.5 Å². The summed E-state index contributed by atoms with van der Waals surface area (Å²) >= 11 is 0. The molecule has 1 fully saturated rings. The number of ether oxygens (including phenoxy) is 1. The highest BCUT2D eigenvalue weighted by Crippen LogP contribution is 2.36. The van der Waals surface area contributed by atoms with E-state index in [2.05, 4.69) is 20.3 Å². The van der Waals surface area contributed by atoms with Crippen LogP contribution >= 0.6 is 8.60 Å². The molecule has 0 bridgehead atoms. The van der Waals surface area contributed by atoms with Crippen molar-refractivity contribution in [3.63, 3.8) is 0 Å². The standard InChI is InChI=1S/C20H21N6O5P/c21-9-4-10-29-32(28)30-11-15-7-8-16(31-15)26-13-24-17-18(22-12-23-19(17)26)25-20(27)14-5-2-1-3-6-14/h1-3,5-6,12-13,15-16,28H,4,7-8,10-11H2,(H,22,23,25,27). The molecule has 166 valence electrons. The first-order valence-corrected chi connectivity index (χ1v) is 11.1. The molecule has 0 radical (unpaired) electrons. The smallest absolute Gasteiger partial charge is 0.329 e. The predicted molar refractivity (Wildman–Crippen MR) is 114 cm³/mol. The first kappa shape index (κ1) is 22.2. The first-order valence-electron chi connectivity index (χ1n) is 9.97. The summed E-state index contributed by atoms with van der Waals surface area (Å²) in [5.74, 6) is 0.0351. The number of hydrogen-bond donors (Lipinski definition) is 2. The Morgan fingerprint density at radius 1 is 1.28 bits per heavy atom. The number of nitrogens with zero attached hydrogens (tertiary/aromatic N) is 5. The number of aromatic nitrogens is 4. The summed E-state index contributed by atoms with van der Waals surface area (Å²) in [6.45, 7) is 0.294. The molecule has 32 heavy (non-hydrogen) atoms.